The molecule has 0 saturated carbocycles. The molecule has 1 aromatic heterocycles. The van der Waals surface area contributed by atoms with E-state index < -0.39 is 0 Å². The highest BCUT2D eigenvalue weighted by atomic mass is 16.5. The Kier molecular flexibility index (Phi) is 6.66. The average Bonchev–Trinajstić information content (AvgIpc) is 3.14. The van der Waals surface area contributed by atoms with Gasteiger partial charge in [-0.2, -0.15) is 5.10 Å². The molecule has 0 radical (unpaired) electrons. The number of carbonyl (C=O) groups is 1. The van der Waals surface area contributed by atoms with Crippen molar-refractivity contribution in [3.05, 3.63) is 18.5 Å². The Morgan fingerprint density at radius 1 is 1.21 bits per heavy atom. The van der Waals surface area contributed by atoms with Crippen molar-refractivity contribution < 1.29 is 9.53 Å². The van der Waals surface area contributed by atoms with Crippen molar-refractivity contribution in [2.45, 2.75) is 38.6 Å². The summed E-state index contributed by atoms with van der Waals surface area (Å²) in [6.45, 7) is 7.39. The Balaban J connectivity index is 1.33. The van der Waals surface area contributed by atoms with Crippen LogP contribution in [0.25, 0.3) is 0 Å². The van der Waals surface area contributed by atoms with E-state index in [0.29, 0.717) is 31.5 Å². The van der Waals surface area contributed by atoms with Crippen LogP contribution < -0.4 is 0 Å². The van der Waals surface area contributed by atoms with Crippen LogP contribution in [0.1, 0.15) is 32.1 Å². The highest BCUT2D eigenvalue weighted by Gasteiger charge is 2.22. The number of rotatable bonds is 7. The second kappa shape index (κ2) is 9.18. The Labute approximate surface area is 144 Å². The lowest BCUT2D eigenvalue weighted by Gasteiger charge is -2.33. The fraction of sp³-hybridized carbons (Fsp3) is 0.778. The van der Waals surface area contributed by atoms with Gasteiger partial charge in [-0.15, -0.1) is 0 Å². The fourth-order valence-electron chi connectivity index (χ4n) is 3.78. The van der Waals surface area contributed by atoms with Crippen molar-refractivity contribution in [1.29, 1.82) is 0 Å². The monoisotopic (exact) mass is 334 g/mol. The predicted octanol–water partition coefficient (Wildman–Crippen LogP) is 1.62. The summed E-state index contributed by atoms with van der Waals surface area (Å²) in [5.41, 5.74) is 0. The van der Waals surface area contributed by atoms with Crippen molar-refractivity contribution in [2.75, 3.05) is 45.9 Å². The average molecular weight is 334 g/mol. The number of likely N-dealkylation sites (tertiary alicyclic amines) is 1. The van der Waals surface area contributed by atoms with E-state index in [9.17, 15) is 4.79 Å². The maximum atomic E-state index is 12.3. The largest absolute Gasteiger partial charge is 0.378 e. The lowest BCUT2D eigenvalue weighted by Crippen LogP contribution is -2.41. The zero-order chi connectivity index (χ0) is 16.6. The van der Waals surface area contributed by atoms with Crippen molar-refractivity contribution in [2.24, 2.45) is 5.92 Å². The fourth-order valence-corrected chi connectivity index (χ4v) is 3.78. The van der Waals surface area contributed by atoms with E-state index in [1.54, 1.807) is 0 Å². The van der Waals surface area contributed by atoms with Crippen LogP contribution in [0.2, 0.25) is 0 Å². The van der Waals surface area contributed by atoms with E-state index >= 15 is 0 Å². The molecular formula is C18H30N4O2. The van der Waals surface area contributed by atoms with Gasteiger partial charge in [0.25, 0.3) is 0 Å². The van der Waals surface area contributed by atoms with Crippen molar-refractivity contribution >= 4 is 5.91 Å². The lowest BCUT2D eigenvalue weighted by molar-refractivity contribution is -0.135. The molecule has 6 heteroatoms. The van der Waals surface area contributed by atoms with Gasteiger partial charge in [-0.25, -0.2) is 0 Å². The number of amides is 1. The van der Waals surface area contributed by atoms with Gasteiger partial charge < -0.3 is 14.5 Å². The normalized spacial score (nSPS) is 22.7. The first kappa shape index (κ1) is 17.4. The van der Waals surface area contributed by atoms with Crippen LogP contribution in [-0.4, -0.2) is 71.4 Å². The molecule has 1 atom stereocenters. The molecule has 6 nitrogen and oxygen atoms in total. The van der Waals surface area contributed by atoms with Crippen LogP contribution >= 0.6 is 0 Å². The summed E-state index contributed by atoms with van der Waals surface area (Å²) >= 11 is 0. The molecule has 2 aliphatic heterocycles. The molecule has 2 aliphatic rings. The number of aromatic nitrogens is 2. The second-order valence-electron chi connectivity index (χ2n) is 6.96. The Hall–Kier alpha value is -1.40. The minimum atomic E-state index is 0.314. The molecule has 0 N–H and O–H groups in total. The molecule has 0 aromatic carbocycles. The summed E-state index contributed by atoms with van der Waals surface area (Å²) in [6.07, 6.45) is 9.27. The zero-order valence-corrected chi connectivity index (χ0v) is 14.6. The molecular weight excluding hydrogens is 304 g/mol. The third-order valence-corrected chi connectivity index (χ3v) is 5.15. The Bertz CT molecular complexity index is 485. The van der Waals surface area contributed by atoms with Crippen LogP contribution in [-0.2, 0) is 16.1 Å². The smallest absolute Gasteiger partial charge is 0.222 e. The number of nitrogens with zero attached hydrogens (tertiary/aromatic N) is 4. The SMILES string of the molecule is O=C(CCC1CCCN(CCCn2cccn2)C1)N1CCOCC1. The Morgan fingerprint density at radius 3 is 2.88 bits per heavy atom. The number of ether oxygens (including phenoxy) is 1. The van der Waals surface area contributed by atoms with Crippen LogP contribution in [0.3, 0.4) is 0 Å². The van der Waals surface area contributed by atoms with Gasteiger partial charge in [-0.05, 0) is 50.8 Å². The highest BCUT2D eigenvalue weighted by molar-refractivity contribution is 5.76. The van der Waals surface area contributed by atoms with Crippen molar-refractivity contribution in [3.8, 4) is 0 Å². The van der Waals surface area contributed by atoms with Crippen molar-refractivity contribution in [3.63, 3.8) is 0 Å². The van der Waals surface area contributed by atoms with Gasteiger partial charge in [0.15, 0.2) is 0 Å². The van der Waals surface area contributed by atoms with Gasteiger partial charge in [0.05, 0.1) is 13.2 Å². The third kappa shape index (κ3) is 5.31. The first-order valence-electron chi connectivity index (χ1n) is 9.36. The number of hydrogen-bond acceptors (Lipinski definition) is 4. The van der Waals surface area contributed by atoms with Crippen LogP contribution in [0, 0.1) is 5.92 Å². The van der Waals surface area contributed by atoms with Gasteiger partial charge in [0, 0.05) is 45.0 Å². The molecule has 0 spiro atoms. The van der Waals surface area contributed by atoms with Gasteiger partial charge in [0.1, 0.15) is 0 Å². The molecule has 2 fully saturated rings. The van der Waals surface area contributed by atoms with E-state index in [2.05, 4.69) is 10.00 Å². The summed E-state index contributed by atoms with van der Waals surface area (Å²) < 4.78 is 7.32. The van der Waals surface area contributed by atoms with Gasteiger partial charge in [0.2, 0.25) is 5.91 Å². The standard InChI is InChI=1S/C18H30N4O2/c23-18(21-12-14-24-15-13-21)6-5-17-4-1-8-20(16-17)9-3-11-22-10-2-7-19-22/h2,7,10,17H,1,3-6,8-9,11-16H2. The summed E-state index contributed by atoms with van der Waals surface area (Å²) in [4.78, 5) is 16.8. The number of carbonyl (C=O) groups excluding carboxylic acids is 1. The van der Waals surface area contributed by atoms with Gasteiger partial charge >= 0.3 is 0 Å². The molecule has 3 heterocycles. The minimum absolute atomic E-state index is 0.314. The molecule has 1 aromatic rings. The molecule has 1 amide bonds. The summed E-state index contributed by atoms with van der Waals surface area (Å²) in [5, 5.41) is 4.25. The quantitative estimate of drug-likeness (QED) is 0.760. The number of morpholine rings is 1. The third-order valence-electron chi connectivity index (χ3n) is 5.15. The summed E-state index contributed by atoms with van der Waals surface area (Å²) in [5.74, 6) is 0.988. The van der Waals surface area contributed by atoms with Crippen LogP contribution in [0.5, 0.6) is 0 Å². The van der Waals surface area contributed by atoms with Gasteiger partial charge in [-0.3, -0.25) is 9.48 Å². The molecule has 0 aliphatic carbocycles. The maximum absolute atomic E-state index is 12.3. The summed E-state index contributed by atoms with van der Waals surface area (Å²) in [6, 6.07) is 1.97. The first-order valence-corrected chi connectivity index (χ1v) is 9.36. The van der Waals surface area contributed by atoms with E-state index in [1.165, 1.54) is 19.4 Å². The van der Waals surface area contributed by atoms with E-state index in [-0.39, 0.29) is 0 Å². The predicted molar refractivity (Wildman–Crippen MR) is 92.6 cm³/mol. The minimum Gasteiger partial charge on any atom is -0.378 e. The molecule has 24 heavy (non-hydrogen) atoms. The molecule has 3 rings (SSSR count). The first-order chi connectivity index (χ1) is 11.8. The van der Waals surface area contributed by atoms with E-state index in [4.69, 9.17) is 4.74 Å². The number of hydrogen-bond donors (Lipinski definition) is 0. The lowest BCUT2D eigenvalue weighted by atomic mass is 9.93. The molecule has 0 bridgehead atoms. The van der Waals surface area contributed by atoms with Crippen LogP contribution in [0.15, 0.2) is 18.5 Å². The summed E-state index contributed by atoms with van der Waals surface area (Å²) in [7, 11) is 0. The Morgan fingerprint density at radius 2 is 2.08 bits per heavy atom. The number of piperidine rings is 1. The van der Waals surface area contributed by atoms with Crippen molar-refractivity contribution in [1.82, 2.24) is 19.6 Å². The van der Waals surface area contributed by atoms with Crippen LogP contribution in [0.4, 0.5) is 0 Å². The molecule has 2 saturated heterocycles. The van der Waals surface area contributed by atoms with Gasteiger partial charge in [-0.1, -0.05) is 0 Å². The number of aryl methyl sites for hydroxylation is 1. The second-order valence-corrected chi connectivity index (χ2v) is 6.96. The van der Waals surface area contributed by atoms with E-state index in [0.717, 1.165) is 45.6 Å². The molecule has 134 valence electrons. The topological polar surface area (TPSA) is 50.6 Å². The maximum Gasteiger partial charge on any atom is 0.222 e. The zero-order valence-electron chi connectivity index (χ0n) is 14.6. The molecule has 1 unspecified atom stereocenters. The highest BCUT2D eigenvalue weighted by Crippen LogP contribution is 2.21. The van der Waals surface area contributed by atoms with E-state index in [1.807, 2.05) is 28.0 Å².